The van der Waals surface area contributed by atoms with Gasteiger partial charge in [0.15, 0.2) is 5.69 Å². The quantitative estimate of drug-likeness (QED) is 0.795. The fourth-order valence-corrected chi connectivity index (χ4v) is 3.22. The van der Waals surface area contributed by atoms with E-state index in [0.29, 0.717) is 5.69 Å². The summed E-state index contributed by atoms with van der Waals surface area (Å²) < 4.78 is 1.70. The number of para-hydroxylation sites is 1. The summed E-state index contributed by atoms with van der Waals surface area (Å²) in [5.74, 6) is -0.198. The van der Waals surface area contributed by atoms with Crippen LogP contribution in [-0.2, 0) is 6.42 Å². The predicted molar refractivity (Wildman–Crippen MR) is 99.6 cm³/mol. The van der Waals surface area contributed by atoms with E-state index in [1.807, 2.05) is 36.4 Å². The molecule has 4 rings (SSSR count). The van der Waals surface area contributed by atoms with Crippen molar-refractivity contribution in [3.8, 4) is 5.69 Å². The van der Waals surface area contributed by atoms with E-state index in [1.165, 1.54) is 11.3 Å². The van der Waals surface area contributed by atoms with Gasteiger partial charge in [0.2, 0.25) is 0 Å². The number of rotatable bonds is 4. The van der Waals surface area contributed by atoms with Crippen molar-refractivity contribution >= 4 is 17.3 Å². The summed E-state index contributed by atoms with van der Waals surface area (Å²) in [6.45, 7) is 4.17. The third kappa shape index (κ3) is 3.01. The molecule has 1 N–H and O–H groups in total. The van der Waals surface area contributed by atoms with Gasteiger partial charge < -0.3 is 10.2 Å². The van der Waals surface area contributed by atoms with Gasteiger partial charge in [-0.25, -0.2) is 4.68 Å². The Hall–Kier alpha value is -3.08. The third-order valence-electron chi connectivity index (χ3n) is 4.56. The Morgan fingerprint density at radius 2 is 2.00 bits per heavy atom. The second-order valence-corrected chi connectivity index (χ2v) is 6.11. The maximum absolute atomic E-state index is 12.5. The van der Waals surface area contributed by atoms with Crippen molar-refractivity contribution in [2.75, 3.05) is 23.3 Å². The highest BCUT2D eigenvalue weighted by atomic mass is 16.1. The van der Waals surface area contributed by atoms with E-state index in [0.717, 1.165) is 30.9 Å². The Bertz CT molecular complexity index is 901. The topological polar surface area (TPSA) is 50.2 Å². The number of benzene rings is 2. The lowest BCUT2D eigenvalue weighted by molar-refractivity contribution is 0.102. The number of anilines is 2. The van der Waals surface area contributed by atoms with E-state index < -0.39 is 0 Å². The van der Waals surface area contributed by atoms with Gasteiger partial charge in [-0.05, 0) is 49.2 Å². The molecule has 0 bridgehead atoms. The van der Waals surface area contributed by atoms with Crippen molar-refractivity contribution in [1.82, 2.24) is 9.78 Å². The average molecular weight is 332 g/mol. The normalized spacial score (nSPS) is 12.9. The molecule has 5 nitrogen and oxygen atoms in total. The van der Waals surface area contributed by atoms with E-state index in [2.05, 4.69) is 34.4 Å². The molecule has 3 aromatic rings. The summed E-state index contributed by atoms with van der Waals surface area (Å²) in [6, 6.07) is 17.6. The maximum Gasteiger partial charge on any atom is 0.276 e. The Balaban J connectivity index is 1.52. The number of fused-ring (bicyclic) bond motifs is 1. The predicted octanol–water partition coefficient (Wildman–Crippen LogP) is 3.51. The summed E-state index contributed by atoms with van der Waals surface area (Å²) in [5, 5.41) is 7.33. The molecule has 25 heavy (non-hydrogen) atoms. The molecule has 1 aliphatic rings. The zero-order chi connectivity index (χ0) is 17.2. The lowest BCUT2D eigenvalue weighted by Crippen LogP contribution is -2.19. The van der Waals surface area contributed by atoms with Crippen molar-refractivity contribution in [3.05, 3.63) is 72.1 Å². The number of carbonyl (C=O) groups excluding carboxylic acids is 1. The number of nitrogens with one attached hydrogen (secondary N) is 1. The Morgan fingerprint density at radius 3 is 2.80 bits per heavy atom. The van der Waals surface area contributed by atoms with Crippen LogP contribution in [-0.4, -0.2) is 28.8 Å². The highest BCUT2D eigenvalue weighted by Gasteiger charge is 2.18. The summed E-state index contributed by atoms with van der Waals surface area (Å²) in [4.78, 5) is 14.8. The van der Waals surface area contributed by atoms with Gasteiger partial charge in [-0.3, -0.25) is 4.79 Å². The molecule has 0 aliphatic carbocycles. The van der Waals surface area contributed by atoms with Gasteiger partial charge in [0.05, 0.1) is 5.69 Å². The largest absolute Gasteiger partial charge is 0.371 e. The molecule has 126 valence electrons. The second-order valence-electron chi connectivity index (χ2n) is 6.11. The van der Waals surface area contributed by atoms with Gasteiger partial charge in [-0.1, -0.05) is 24.3 Å². The number of aromatic nitrogens is 2. The summed E-state index contributed by atoms with van der Waals surface area (Å²) >= 11 is 0. The molecule has 1 amide bonds. The lowest BCUT2D eigenvalue weighted by atomic mass is 10.1. The van der Waals surface area contributed by atoms with E-state index in [4.69, 9.17) is 0 Å². The molecule has 2 aromatic carbocycles. The molecule has 0 spiro atoms. The first kappa shape index (κ1) is 15.4. The van der Waals surface area contributed by atoms with Crippen LogP contribution in [0.4, 0.5) is 11.4 Å². The number of hydrogen-bond acceptors (Lipinski definition) is 3. The van der Waals surface area contributed by atoms with Crippen molar-refractivity contribution < 1.29 is 4.79 Å². The van der Waals surface area contributed by atoms with Gasteiger partial charge in [0.25, 0.3) is 5.91 Å². The Morgan fingerprint density at radius 1 is 1.16 bits per heavy atom. The molecule has 1 aliphatic heterocycles. The summed E-state index contributed by atoms with van der Waals surface area (Å²) in [5.41, 5.74) is 4.69. The molecule has 0 atom stereocenters. The van der Waals surface area contributed by atoms with Gasteiger partial charge in [-0.2, -0.15) is 5.10 Å². The standard InChI is InChI=1S/C20H20N4O/c1-2-23-12-10-15-8-9-16(14-19(15)23)21-20(25)18-11-13-24(22-18)17-6-4-3-5-7-17/h3-9,11,13-14H,2,10,12H2,1H3,(H,21,25). The zero-order valence-electron chi connectivity index (χ0n) is 14.1. The number of nitrogens with zero attached hydrogens (tertiary/aromatic N) is 3. The van der Waals surface area contributed by atoms with Gasteiger partial charge in [-0.15, -0.1) is 0 Å². The van der Waals surface area contributed by atoms with Crippen LogP contribution < -0.4 is 10.2 Å². The highest BCUT2D eigenvalue weighted by molar-refractivity contribution is 6.03. The van der Waals surface area contributed by atoms with Crippen LogP contribution in [0.25, 0.3) is 5.69 Å². The molecule has 0 unspecified atom stereocenters. The van der Waals surface area contributed by atoms with Crippen LogP contribution >= 0.6 is 0 Å². The molecule has 5 heteroatoms. The van der Waals surface area contributed by atoms with Crippen molar-refractivity contribution in [1.29, 1.82) is 0 Å². The average Bonchev–Trinajstić information content (AvgIpc) is 3.29. The van der Waals surface area contributed by atoms with Crippen LogP contribution in [0.3, 0.4) is 0 Å². The molecule has 1 aromatic heterocycles. The van der Waals surface area contributed by atoms with E-state index in [-0.39, 0.29) is 5.91 Å². The molecule has 0 radical (unpaired) electrons. The molecular weight excluding hydrogens is 312 g/mol. The molecule has 0 saturated carbocycles. The fourth-order valence-electron chi connectivity index (χ4n) is 3.22. The van der Waals surface area contributed by atoms with Crippen LogP contribution in [0.15, 0.2) is 60.8 Å². The van der Waals surface area contributed by atoms with Crippen LogP contribution in [0, 0.1) is 0 Å². The minimum absolute atomic E-state index is 0.198. The second kappa shape index (κ2) is 6.43. The van der Waals surface area contributed by atoms with Crippen LogP contribution in [0.2, 0.25) is 0 Å². The van der Waals surface area contributed by atoms with Crippen molar-refractivity contribution in [3.63, 3.8) is 0 Å². The fraction of sp³-hybridized carbons (Fsp3) is 0.200. The van der Waals surface area contributed by atoms with Crippen molar-refractivity contribution in [2.45, 2.75) is 13.3 Å². The van der Waals surface area contributed by atoms with Crippen LogP contribution in [0.1, 0.15) is 23.0 Å². The SMILES string of the molecule is CCN1CCc2ccc(NC(=O)c3ccn(-c4ccccc4)n3)cc21. The Labute approximate surface area is 146 Å². The smallest absolute Gasteiger partial charge is 0.276 e. The number of carbonyl (C=O) groups is 1. The van der Waals surface area contributed by atoms with Crippen LogP contribution in [0.5, 0.6) is 0 Å². The molecule has 0 saturated heterocycles. The first-order chi connectivity index (χ1) is 12.2. The highest BCUT2D eigenvalue weighted by Crippen LogP contribution is 2.30. The zero-order valence-corrected chi connectivity index (χ0v) is 14.1. The first-order valence-corrected chi connectivity index (χ1v) is 8.55. The molecular formula is C20H20N4O. The summed E-state index contributed by atoms with van der Waals surface area (Å²) in [7, 11) is 0. The molecule has 0 fully saturated rings. The third-order valence-corrected chi connectivity index (χ3v) is 4.56. The number of likely N-dealkylation sites (N-methyl/N-ethyl adjacent to an activating group) is 1. The summed E-state index contributed by atoms with van der Waals surface area (Å²) in [6.07, 6.45) is 2.87. The number of amides is 1. The van der Waals surface area contributed by atoms with E-state index in [9.17, 15) is 4.79 Å². The van der Waals surface area contributed by atoms with Gasteiger partial charge in [0, 0.05) is 30.7 Å². The monoisotopic (exact) mass is 332 g/mol. The van der Waals surface area contributed by atoms with Gasteiger partial charge in [0.1, 0.15) is 0 Å². The molecule has 2 heterocycles. The maximum atomic E-state index is 12.5. The van der Waals surface area contributed by atoms with Gasteiger partial charge >= 0.3 is 0 Å². The van der Waals surface area contributed by atoms with E-state index in [1.54, 1.807) is 16.9 Å². The lowest BCUT2D eigenvalue weighted by Gasteiger charge is -2.17. The minimum Gasteiger partial charge on any atom is -0.371 e. The minimum atomic E-state index is -0.198. The van der Waals surface area contributed by atoms with E-state index >= 15 is 0 Å². The number of hydrogen-bond donors (Lipinski definition) is 1. The van der Waals surface area contributed by atoms with Crippen molar-refractivity contribution in [2.24, 2.45) is 0 Å². The first-order valence-electron chi connectivity index (χ1n) is 8.55. The Kier molecular flexibility index (Phi) is 3.98.